The molecule has 2 rings (SSSR count). The van der Waals surface area contributed by atoms with Gasteiger partial charge in [-0.3, -0.25) is 14.9 Å². The molecule has 0 saturated carbocycles. The SMILES string of the molecule is CN(CCC(=O)O)Cc1ccc(-c2ccc([N+](=O)[O-])cc2)s1. The molecule has 0 unspecified atom stereocenters. The first kappa shape index (κ1) is 16.1. The van der Waals surface area contributed by atoms with Crippen LogP contribution < -0.4 is 0 Å². The fraction of sp³-hybridized carbons (Fsp3) is 0.267. The average Bonchev–Trinajstić information content (AvgIpc) is 2.93. The van der Waals surface area contributed by atoms with Crippen LogP contribution in [0.3, 0.4) is 0 Å². The average molecular weight is 320 g/mol. The van der Waals surface area contributed by atoms with Crippen molar-refractivity contribution in [2.24, 2.45) is 0 Å². The van der Waals surface area contributed by atoms with Crippen molar-refractivity contribution in [2.45, 2.75) is 13.0 Å². The minimum atomic E-state index is -0.801. The fourth-order valence-corrected chi connectivity index (χ4v) is 3.09. The number of carboxylic acids is 1. The predicted octanol–water partition coefficient (Wildman–Crippen LogP) is 3.23. The van der Waals surface area contributed by atoms with Crippen LogP contribution in [0.4, 0.5) is 5.69 Å². The van der Waals surface area contributed by atoms with Crippen molar-refractivity contribution in [2.75, 3.05) is 13.6 Å². The fourth-order valence-electron chi connectivity index (χ4n) is 2.00. The summed E-state index contributed by atoms with van der Waals surface area (Å²) in [5.74, 6) is -0.801. The summed E-state index contributed by atoms with van der Waals surface area (Å²) >= 11 is 1.60. The minimum absolute atomic E-state index is 0.0777. The standard InChI is InChI=1S/C15H16N2O4S/c1-16(9-8-15(18)19)10-13-6-7-14(22-13)11-2-4-12(5-3-11)17(20)21/h2-7H,8-10H2,1H3,(H,18,19). The summed E-state index contributed by atoms with van der Waals surface area (Å²) in [7, 11) is 1.88. The van der Waals surface area contributed by atoms with E-state index in [4.69, 9.17) is 5.11 Å². The largest absolute Gasteiger partial charge is 0.481 e. The highest BCUT2D eigenvalue weighted by molar-refractivity contribution is 7.15. The number of carbonyl (C=O) groups is 1. The zero-order valence-electron chi connectivity index (χ0n) is 12.1. The van der Waals surface area contributed by atoms with Crippen molar-refractivity contribution in [3.05, 3.63) is 51.4 Å². The van der Waals surface area contributed by atoms with Gasteiger partial charge in [-0.1, -0.05) is 0 Å². The topological polar surface area (TPSA) is 83.7 Å². The molecule has 0 fully saturated rings. The Morgan fingerprint density at radius 2 is 1.95 bits per heavy atom. The van der Waals surface area contributed by atoms with Crippen LogP contribution in [0, 0.1) is 10.1 Å². The summed E-state index contributed by atoms with van der Waals surface area (Å²) in [5.41, 5.74) is 1.02. The highest BCUT2D eigenvalue weighted by Gasteiger charge is 2.09. The van der Waals surface area contributed by atoms with E-state index in [1.165, 1.54) is 12.1 Å². The molecule has 0 amide bonds. The van der Waals surface area contributed by atoms with Crippen LogP contribution in [-0.2, 0) is 11.3 Å². The van der Waals surface area contributed by atoms with Crippen molar-refractivity contribution in [1.82, 2.24) is 4.90 Å². The highest BCUT2D eigenvalue weighted by Crippen LogP contribution is 2.29. The van der Waals surface area contributed by atoms with Gasteiger partial charge in [0.25, 0.3) is 5.69 Å². The number of rotatable bonds is 7. The van der Waals surface area contributed by atoms with E-state index in [1.54, 1.807) is 23.5 Å². The summed E-state index contributed by atoms with van der Waals surface area (Å²) in [6.45, 7) is 1.19. The Kier molecular flexibility index (Phi) is 5.24. The normalized spacial score (nSPS) is 10.8. The molecule has 2 aromatic rings. The number of carboxylic acid groups (broad SMARTS) is 1. The molecule has 1 aromatic heterocycles. The minimum Gasteiger partial charge on any atom is -0.481 e. The third-order valence-corrected chi connectivity index (χ3v) is 4.28. The Hall–Kier alpha value is -2.25. The molecule has 1 N–H and O–H groups in total. The third-order valence-electron chi connectivity index (χ3n) is 3.16. The molecule has 0 aliphatic rings. The van der Waals surface area contributed by atoms with Crippen molar-refractivity contribution >= 4 is 23.0 Å². The van der Waals surface area contributed by atoms with E-state index in [0.717, 1.165) is 15.3 Å². The van der Waals surface area contributed by atoms with Gasteiger partial charge in [0.2, 0.25) is 0 Å². The van der Waals surface area contributed by atoms with Gasteiger partial charge in [0.15, 0.2) is 0 Å². The van der Waals surface area contributed by atoms with E-state index in [2.05, 4.69) is 0 Å². The number of nitro groups is 1. The summed E-state index contributed by atoms with van der Waals surface area (Å²) in [6, 6.07) is 10.4. The number of thiophene rings is 1. The second-order valence-corrected chi connectivity index (χ2v) is 6.12. The Labute approximate surface area is 131 Å². The number of aliphatic carboxylic acids is 1. The molecule has 0 saturated heterocycles. The van der Waals surface area contributed by atoms with Gasteiger partial charge in [-0.15, -0.1) is 11.3 Å². The molecule has 0 atom stereocenters. The quantitative estimate of drug-likeness (QED) is 0.625. The first-order valence-electron chi connectivity index (χ1n) is 6.69. The second-order valence-electron chi connectivity index (χ2n) is 4.95. The molecule has 116 valence electrons. The molecule has 22 heavy (non-hydrogen) atoms. The van der Waals surface area contributed by atoms with Gasteiger partial charge in [-0.2, -0.15) is 0 Å². The molecule has 6 nitrogen and oxygen atoms in total. The summed E-state index contributed by atoms with van der Waals surface area (Å²) in [5, 5.41) is 19.3. The number of hydrogen-bond acceptors (Lipinski definition) is 5. The molecule has 0 aliphatic carbocycles. The molecule has 7 heteroatoms. The Bertz CT molecular complexity index is 666. The highest BCUT2D eigenvalue weighted by atomic mass is 32.1. The lowest BCUT2D eigenvalue weighted by molar-refractivity contribution is -0.384. The van der Waals surface area contributed by atoms with Crippen LogP contribution in [0.5, 0.6) is 0 Å². The smallest absolute Gasteiger partial charge is 0.304 e. The van der Waals surface area contributed by atoms with Gasteiger partial charge in [0.1, 0.15) is 0 Å². The molecule has 0 aliphatic heterocycles. The van der Waals surface area contributed by atoms with Crippen molar-refractivity contribution in [1.29, 1.82) is 0 Å². The van der Waals surface area contributed by atoms with E-state index in [9.17, 15) is 14.9 Å². The monoisotopic (exact) mass is 320 g/mol. The first-order chi connectivity index (χ1) is 10.5. The zero-order chi connectivity index (χ0) is 16.1. The van der Waals surface area contributed by atoms with Crippen molar-refractivity contribution in [3.63, 3.8) is 0 Å². The van der Waals surface area contributed by atoms with Crippen LogP contribution >= 0.6 is 11.3 Å². The van der Waals surface area contributed by atoms with E-state index in [-0.39, 0.29) is 12.1 Å². The van der Waals surface area contributed by atoms with Crippen LogP contribution in [0.25, 0.3) is 10.4 Å². The van der Waals surface area contributed by atoms with Gasteiger partial charge in [0, 0.05) is 35.0 Å². The number of benzene rings is 1. The van der Waals surface area contributed by atoms with E-state index < -0.39 is 10.9 Å². The maximum atomic E-state index is 10.6. The lowest BCUT2D eigenvalue weighted by Gasteiger charge is -2.13. The first-order valence-corrected chi connectivity index (χ1v) is 7.51. The van der Waals surface area contributed by atoms with Crippen LogP contribution in [0.15, 0.2) is 36.4 Å². The molecule has 0 spiro atoms. The van der Waals surface area contributed by atoms with Crippen LogP contribution in [-0.4, -0.2) is 34.5 Å². The molecule has 1 heterocycles. The van der Waals surface area contributed by atoms with Gasteiger partial charge in [-0.25, -0.2) is 0 Å². The number of nitrogens with zero attached hydrogens (tertiary/aromatic N) is 2. The Balaban J connectivity index is 2.01. The Morgan fingerprint density at radius 3 is 2.55 bits per heavy atom. The van der Waals surface area contributed by atoms with Crippen LogP contribution in [0.2, 0.25) is 0 Å². The molecule has 0 bridgehead atoms. The maximum Gasteiger partial charge on any atom is 0.304 e. The number of hydrogen-bond donors (Lipinski definition) is 1. The Morgan fingerprint density at radius 1 is 1.27 bits per heavy atom. The van der Waals surface area contributed by atoms with E-state index in [1.807, 2.05) is 24.1 Å². The predicted molar refractivity (Wildman–Crippen MR) is 85.0 cm³/mol. The maximum absolute atomic E-state index is 10.6. The van der Waals surface area contributed by atoms with E-state index >= 15 is 0 Å². The van der Waals surface area contributed by atoms with Gasteiger partial charge >= 0.3 is 5.97 Å². The van der Waals surface area contributed by atoms with Gasteiger partial charge in [0.05, 0.1) is 11.3 Å². The summed E-state index contributed by atoms with van der Waals surface area (Å²) < 4.78 is 0. The third kappa shape index (κ3) is 4.37. The molecule has 0 radical (unpaired) electrons. The lowest BCUT2D eigenvalue weighted by atomic mass is 10.2. The van der Waals surface area contributed by atoms with Gasteiger partial charge < -0.3 is 10.0 Å². The molecular formula is C15H16N2O4S. The number of non-ortho nitro benzene ring substituents is 1. The van der Waals surface area contributed by atoms with Crippen molar-refractivity contribution in [3.8, 4) is 10.4 Å². The molecular weight excluding hydrogens is 304 g/mol. The van der Waals surface area contributed by atoms with Crippen LogP contribution in [0.1, 0.15) is 11.3 Å². The second kappa shape index (κ2) is 7.15. The van der Waals surface area contributed by atoms with Crippen molar-refractivity contribution < 1.29 is 14.8 Å². The summed E-state index contributed by atoms with van der Waals surface area (Å²) in [6.07, 6.45) is 0.122. The number of nitro benzene ring substituents is 1. The lowest BCUT2D eigenvalue weighted by Crippen LogP contribution is -2.20. The summed E-state index contributed by atoms with van der Waals surface area (Å²) in [4.78, 5) is 24.9. The molecule has 1 aromatic carbocycles. The van der Waals surface area contributed by atoms with Gasteiger partial charge in [-0.05, 0) is 36.9 Å². The van der Waals surface area contributed by atoms with E-state index in [0.29, 0.717) is 13.1 Å². The zero-order valence-corrected chi connectivity index (χ0v) is 12.9.